The number of alkyl halides is 2. The number of carbonyl (C=O) groups is 1. The summed E-state index contributed by atoms with van der Waals surface area (Å²) in [5.74, 6) is -4.39. The molecule has 1 heterocycles. The van der Waals surface area contributed by atoms with Crippen LogP contribution in [0.25, 0.3) is 0 Å². The van der Waals surface area contributed by atoms with Gasteiger partial charge in [0.25, 0.3) is 5.92 Å². The number of carbonyl (C=O) groups excluding carboxylic acids is 1. The minimum atomic E-state index is -3.69. The van der Waals surface area contributed by atoms with E-state index in [4.69, 9.17) is 5.73 Å². The Balaban J connectivity index is 0.00000312. The summed E-state index contributed by atoms with van der Waals surface area (Å²) in [6.07, 6.45) is 0.957. The van der Waals surface area contributed by atoms with Crippen LogP contribution in [0.15, 0.2) is 35.2 Å². The minimum absolute atomic E-state index is 0. The van der Waals surface area contributed by atoms with Gasteiger partial charge in [0.1, 0.15) is 0 Å². The summed E-state index contributed by atoms with van der Waals surface area (Å²) in [4.78, 5) is 12.2. The Kier molecular flexibility index (Phi) is 7.73. The number of halogens is 3. The molecule has 1 saturated heterocycles. The largest absolute Gasteiger partial charge is 0.350 e. The SMILES string of the molecule is Cl.NCC(F)(F)CNC(=O)C1CCCN(S(=O)(=O)c2ccccc2)C1. The van der Waals surface area contributed by atoms with Crippen LogP contribution in [0.1, 0.15) is 12.8 Å². The molecular weight excluding hydrogens is 376 g/mol. The number of benzene rings is 1. The van der Waals surface area contributed by atoms with E-state index >= 15 is 0 Å². The zero-order chi connectivity index (χ0) is 17.8. The molecule has 1 atom stereocenters. The van der Waals surface area contributed by atoms with Crippen molar-refractivity contribution >= 4 is 28.3 Å². The third-order valence-corrected chi connectivity index (χ3v) is 5.84. The molecule has 1 aromatic rings. The van der Waals surface area contributed by atoms with Crippen molar-refractivity contribution in [2.45, 2.75) is 23.7 Å². The van der Waals surface area contributed by atoms with Gasteiger partial charge in [-0.15, -0.1) is 12.4 Å². The number of piperidine rings is 1. The van der Waals surface area contributed by atoms with Gasteiger partial charge in [-0.1, -0.05) is 18.2 Å². The molecule has 0 spiro atoms. The van der Waals surface area contributed by atoms with E-state index in [9.17, 15) is 22.0 Å². The van der Waals surface area contributed by atoms with Gasteiger partial charge in [0.2, 0.25) is 15.9 Å². The van der Waals surface area contributed by atoms with Crippen LogP contribution in [-0.4, -0.2) is 50.7 Å². The van der Waals surface area contributed by atoms with Crippen molar-refractivity contribution in [1.29, 1.82) is 0 Å². The predicted octanol–water partition coefficient (Wildman–Crippen LogP) is 1.22. The number of amides is 1. The first-order valence-corrected chi connectivity index (χ1v) is 9.11. The zero-order valence-corrected chi connectivity index (χ0v) is 15.2. The fourth-order valence-corrected chi connectivity index (χ4v) is 4.09. The van der Waals surface area contributed by atoms with Gasteiger partial charge >= 0.3 is 0 Å². The van der Waals surface area contributed by atoms with Gasteiger partial charge in [0, 0.05) is 13.1 Å². The van der Waals surface area contributed by atoms with E-state index in [1.807, 2.05) is 0 Å². The number of nitrogens with one attached hydrogen (secondary N) is 1. The van der Waals surface area contributed by atoms with E-state index in [0.717, 1.165) is 0 Å². The number of nitrogens with two attached hydrogens (primary N) is 1. The third kappa shape index (κ3) is 5.60. The van der Waals surface area contributed by atoms with E-state index in [1.165, 1.54) is 16.4 Å². The van der Waals surface area contributed by atoms with Crippen LogP contribution < -0.4 is 11.1 Å². The van der Waals surface area contributed by atoms with Gasteiger partial charge in [0.15, 0.2) is 0 Å². The third-order valence-electron chi connectivity index (χ3n) is 3.96. The maximum absolute atomic E-state index is 13.1. The molecule has 1 amide bonds. The van der Waals surface area contributed by atoms with Crippen LogP contribution in [0.3, 0.4) is 0 Å². The molecule has 1 unspecified atom stereocenters. The van der Waals surface area contributed by atoms with Gasteiger partial charge in [-0.25, -0.2) is 17.2 Å². The molecule has 1 fully saturated rings. The molecular formula is C15H22ClF2N3O3S. The van der Waals surface area contributed by atoms with Crippen LogP contribution in [0.5, 0.6) is 0 Å². The fraction of sp³-hybridized carbons (Fsp3) is 0.533. The maximum Gasteiger partial charge on any atom is 0.277 e. The normalized spacial score (nSPS) is 19.1. The molecule has 1 aliphatic rings. The van der Waals surface area contributed by atoms with E-state index in [-0.39, 0.29) is 23.8 Å². The monoisotopic (exact) mass is 397 g/mol. The Morgan fingerprint density at radius 2 is 1.96 bits per heavy atom. The van der Waals surface area contributed by atoms with Crippen LogP contribution in [0, 0.1) is 5.92 Å². The highest BCUT2D eigenvalue weighted by molar-refractivity contribution is 7.89. The lowest BCUT2D eigenvalue weighted by molar-refractivity contribution is -0.127. The average Bonchev–Trinajstić information content (AvgIpc) is 2.60. The van der Waals surface area contributed by atoms with Gasteiger partial charge in [-0.3, -0.25) is 4.79 Å². The van der Waals surface area contributed by atoms with Crippen molar-refractivity contribution in [3.63, 3.8) is 0 Å². The highest BCUT2D eigenvalue weighted by Gasteiger charge is 2.34. The topological polar surface area (TPSA) is 92.5 Å². The summed E-state index contributed by atoms with van der Waals surface area (Å²) in [7, 11) is -3.69. The van der Waals surface area contributed by atoms with Crippen molar-refractivity contribution < 1.29 is 22.0 Å². The average molecular weight is 398 g/mol. The summed E-state index contributed by atoms with van der Waals surface area (Å²) in [5, 5.41) is 2.16. The molecule has 6 nitrogen and oxygen atoms in total. The van der Waals surface area contributed by atoms with E-state index in [2.05, 4.69) is 5.32 Å². The number of nitrogens with zero attached hydrogens (tertiary/aromatic N) is 1. The molecule has 1 aromatic carbocycles. The van der Waals surface area contributed by atoms with Crippen LogP contribution in [-0.2, 0) is 14.8 Å². The first-order valence-electron chi connectivity index (χ1n) is 7.67. The van der Waals surface area contributed by atoms with Crippen molar-refractivity contribution in [3.8, 4) is 0 Å². The number of sulfonamides is 1. The Morgan fingerprint density at radius 3 is 2.56 bits per heavy atom. The molecule has 25 heavy (non-hydrogen) atoms. The van der Waals surface area contributed by atoms with Gasteiger partial charge in [0.05, 0.1) is 23.9 Å². The highest BCUT2D eigenvalue weighted by Crippen LogP contribution is 2.24. The smallest absolute Gasteiger partial charge is 0.277 e. The van der Waals surface area contributed by atoms with Crippen molar-refractivity contribution in [1.82, 2.24) is 9.62 Å². The van der Waals surface area contributed by atoms with Crippen LogP contribution in [0.4, 0.5) is 8.78 Å². The molecule has 0 aliphatic carbocycles. The zero-order valence-electron chi connectivity index (χ0n) is 13.5. The molecule has 1 aliphatic heterocycles. The number of rotatable bonds is 6. The van der Waals surface area contributed by atoms with E-state index in [0.29, 0.717) is 19.4 Å². The summed E-state index contributed by atoms with van der Waals surface area (Å²) in [6.45, 7) is -1.41. The van der Waals surface area contributed by atoms with E-state index in [1.54, 1.807) is 18.2 Å². The predicted molar refractivity (Wildman–Crippen MR) is 92.2 cm³/mol. The summed E-state index contributed by atoms with van der Waals surface area (Å²) in [5.41, 5.74) is 4.93. The maximum atomic E-state index is 13.1. The Labute approximate surface area is 152 Å². The Hall–Kier alpha value is -1.29. The van der Waals surface area contributed by atoms with Crippen LogP contribution in [0.2, 0.25) is 0 Å². The Bertz CT molecular complexity index is 674. The van der Waals surface area contributed by atoms with E-state index < -0.39 is 40.9 Å². The lowest BCUT2D eigenvalue weighted by atomic mass is 9.99. The number of hydrogen-bond donors (Lipinski definition) is 2. The molecule has 10 heteroatoms. The lowest BCUT2D eigenvalue weighted by Gasteiger charge is -2.31. The first kappa shape index (κ1) is 21.8. The second-order valence-electron chi connectivity index (χ2n) is 5.79. The summed E-state index contributed by atoms with van der Waals surface area (Å²) in [6, 6.07) is 7.93. The van der Waals surface area contributed by atoms with Gasteiger partial charge in [-0.2, -0.15) is 4.31 Å². The number of hydrogen-bond acceptors (Lipinski definition) is 4. The van der Waals surface area contributed by atoms with Gasteiger partial charge in [-0.05, 0) is 25.0 Å². The van der Waals surface area contributed by atoms with Crippen molar-refractivity contribution in [2.24, 2.45) is 11.7 Å². The molecule has 0 radical (unpaired) electrons. The van der Waals surface area contributed by atoms with Crippen molar-refractivity contribution in [2.75, 3.05) is 26.2 Å². The second kappa shape index (κ2) is 8.88. The molecule has 2 rings (SSSR count). The van der Waals surface area contributed by atoms with Crippen LogP contribution >= 0.6 is 12.4 Å². The summed E-state index contributed by atoms with van der Waals surface area (Å²) < 4.78 is 52.6. The lowest BCUT2D eigenvalue weighted by Crippen LogP contribution is -2.48. The Morgan fingerprint density at radius 1 is 1.32 bits per heavy atom. The minimum Gasteiger partial charge on any atom is -0.350 e. The van der Waals surface area contributed by atoms with Gasteiger partial charge < -0.3 is 11.1 Å². The molecule has 3 N–H and O–H groups in total. The summed E-state index contributed by atoms with van der Waals surface area (Å²) >= 11 is 0. The molecule has 0 aromatic heterocycles. The molecule has 0 bridgehead atoms. The first-order chi connectivity index (χ1) is 11.3. The fourth-order valence-electron chi connectivity index (χ4n) is 2.55. The standard InChI is InChI=1S/C15H21F2N3O3S.ClH/c16-15(17,10-18)11-19-14(21)12-5-4-8-20(9-12)24(22,23)13-6-2-1-3-7-13;/h1-3,6-7,12H,4-5,8-11,18H2,(H,19,21);1H. The second-order valence-corrected chi connectivity index (χ2v) is 7.73. The van der Waals surface area contributed by atoms with Crippen molar-refractivity contribution in [3.05, 3.63) is 30.3 Å². The quantitative estimate of drug-likeness (QED) is 0.754. The molecule has 142 valence electrons. The molecule has 0 saturated carbocycles. The highest BCUT2D eigenvalue weighted by atomic mass is 35.5.